The molecule has 0 radical (unpaired) electrons. The molecule has 0 aromatic heterocycles. The highest BCUT2D eigenvalue weighted by molar-refractivity contribution is 5.88. The van der Waals surface area contributed by atoms with Gasteiger partial charge in [0.15, 0.2) is 6.61 Å². The quantitative estimate of drug-likeness (QED) is 0.292. The van der Waals surface area contributed by atoms with Crippen LogP contribution >= 0.6 is 0 Å². The highest BCUT2D eigenvalue weighted by Crippen LogP contribution is 2.24. The molecule has 5 heteroatoms. The van der Waals surface area contributed by atoms with Crippen LogP contribution in [0.3, 0.4) is 0 Å². The zero-order valence-corrected chi connectivity index (χ0v) is 23.5. The van der Waals surface area contributed by atoms with Crippen molar-refractivity contribution in [3.63, 3.8) is 0 Å². The molecular weight excluding hydrogens is 472 g/mol. The SMILES string of the molecule is CCCCNC(=O)[C@@H](Cc1ccccc1)N(Cc1cccc(C)c1)C(=O)COc1ccc(C(C)(C)C)cc1. The van der Waals surface area contributed by atoms with E-state index in [1.807, 2.05) is 79.7 Å². The summed E-state index contributed by atoms with van der Waals surface area (Å²) in [6.45, 7) is 11.4. The Morgan fingerprint density at radius 1 is 0.921 bits per heavy atom. The standard InChI is InChI=1S/C33H42N2O3/c1-6-7-20-34-32(37)30(22-26-13-9-8-10-14-26)35(23-27-15-11-12-25(2)21-27)31(36)24-38-29-18-16-28(17-19-29)33(3,4)5/h8-19,21,30H,6-7,20,22-24H2,1-5H3,(H,34,37)/t30-/m1/s1. The Balaban J connectivity index is 1.86. The number of carbonyl (C=O) groups excluding carboxylic acids is 2. The van der Waals surface area contributed by atoms with Crippen LogP contribution < -0.4 is 10.1 Å². The second-order valence-electron chi connectivity index (χ2n) is 10.9. The first-order valence-electron chi connectivity index (χ1n) is 13.6. The number of rotatable bonds is 12. The van der Waals surface area contributed by atoms with Crippen molar-refractivity contribution in [2.45, 2.75) is 71.9 Å². The van der Waals surface area contributed by atoms with E-state index >= 15 is 0 Å². The number of amides is 2. The third-order valence-corrected chi connectivity index (χ3v) is 6.62. The minimum atomic E-state index is -0.658. The topological polar surface area (TPSA) is 58.6 Å². The van der Waals surface area contributed by atoms with Gasteiger partial charge in [-0.25, -0.2) is 0 Å². The van der Waals surface area contributed by atoms with Crippen LogP contribution in [0.15, 0.2) is 78.9 Å². The number of carbonyl (C=O) groups is 2. The largest absolute Gasteiger partial charge is 0.484 e. The maximum atomic E-state index is 13.7. The van der Waals surface area contributed by atoms with Crippen molar-refractivity contribution >= 4 is 11.8 Å². The first kappa shape index (κ1) is 29.0. The smallest absolute Gasteiger partial charge is 0.261 e. The highest BCUT2D eigenvalue weighted by Gasteiger charge is 2.30. The molecule has 3 rings (SSSR count). The second-order valence-corrected chi connectivity index (χ2v) is 10.9. The lowest BCUT2D eigenvalue weighted by molar-refractivity contribution is -0.142. The van der Waals surface area contributed by atoms with Gasteiger partial charge in [-0.1, -0.05) is 106 Å². The average Bonchev–Trinajstić information content (AvgIpc) is 2.89. The minimum Gasteiger partial charge on any atom is -0.484 e. The van der Waals surface area contributed by atoms with E-state index in [-0.39, 0.29) is 23.8 Å². The molecule has 0 spiro atoms. The van der Waals surface area contributed by atoms with Crippen molar-refractivity contribution < 1.29 is 14.3 Å². The molecule has 0 fully saturated rings. The highest BCUT2D eigenvalue weighted by atomic mass is 16.5. The van der Waals surface area contributed by atoms with E-state index in [2.05, 4.69) is 39.1 Å². The molecule has 0 bridgehead atoms. The molecule has 0 heterocycles. The molecule has 0 saturated carbocycles. The number of hydrogen-bond donors (Lipinski definition) is 1. The Morgan fingerprint density at radius 2 is 1.61 bits per heavy atom. The molecule has 0 aliphatic rings. The van der Waals surface area contributed by atoms with Crippen LogP contribution in [0.2, 0.25) is 0 Å². The minimum absolute atomic E-state index is 0.0365. The summed E-state index contributed by atoms with van der Waals surface area (Å²) in [5.41, 5.74) is 4.33. The van der Waals surface area contributed by atoms with E-state index in [1.165, 1.54) is 5.56 Å². The maximum Gasteiger partial charge on any atom is 0.261 e. The van der Waals surface area contributed by atoms with Crippen LogP contribution in [0.5, 0.6) is 5.75 Å². The van der Waals surface area contributed by atoms with Crippen molar-refractivity contribution in [3.05, 3.63) is 101 Å². The third-order valence-electron chi connectivity index (χ3n) is 6.62. The molecule has 0 aliphatic carbocycles. The number of aryl methyl sites for hydroxylation is 1. The Bertz CT molecular complexity index is 1170. The van der Waals surface area contributed by atoms with Crippen molar-refractivity contribution in [3.8, 4) is 5.75 Å². The van der Waals surface area contributed by atoms with Gasteiger partial charge < -0.3 is 15.0 Å². The van der Waals surface area contributed by atoms with Gasteiger partial charge in [0.25, 0.3) is 5.91 Å². The summed E-state index contributed by atoms with van der Waals surface area (Å²) in [4.78, 5) is 28.9. The number of nitrogens with zero attached hydrogens (tertiary/aromatic N) is 1. The molecule has 2 amide bonds. The monoisotopic (exact) mass is 514 g/mol. The average molecular weight is 515 g/mol. The fraction of sp³-hybridized carbons (Fsp3) is 0.394. The van der Waals surface area contributed by atoms with E-state index in [9.17, 15) is 9.59 Å². The molecule has 0 unspecified atom stereocenters. The number of ether oxygens (including phenoxy) is 1. The van der Waals surface area contributed by atoms with Crippen LogP contribution in [-0.4, -0.2) is 35.9 Å². The summed E-state index contributed by atoms with van der Waals surface area (Å²) < 4.78 is 5.93. The number of nitrogens with one attached hydrogen (secondary N) is 1. The fourth-order valence-electron chi connectivity index (χ4n) is 4.35. The predicted octanol–water partition coefficient (Wildman–Crippen LogP) is 6.23. The third kappa shape index (κ3) is 8.76. The van der Waals surface area contributed by atoms with Crippen LogP contribution in [0.4, 0.5) is 0 Å². The first-order valence-corrected chi connectivity index (χ1v) is 13.6. The van der Waals surface area contributed by atoms with E-state index in [4.69, 9.17) is 4.74 Å². The lowest BCUT2D eigenvalue weighted by Gasteiger charge is -2.31. The van der Waals surface area contributed by atoms with Gasteiger partial charge in [-0.2, -0.15) is 0 Å². The van der Waals surface area contributed by atoms with Crippen molar-refractivity contribution in [1.29, 1.82) is 0 Å². The van der Waals surface area contributed by atoms with Gasteiger partial charge in [-0.05, 0) is 47.6 Å². The van der Waals surface area contributed by atoms with E-state index in [0.29, 0.717) is 25.3 Å². The lowest BCUT2D eigenvalue weighted by atomic mass is 9.87. The second kappa shape index (κ2) is 13.8. The van der Waals surface area contributed by atoms with Crippen molar-refractivity contribution in [1.82, 2.24) is 10.2 Å². The number of hydrogen-bond acceptors (Lipinski definition) is 3. The molecular formula is C33H42N2O3. The Labute approximate surface area is 228 Å². The molecule has 0 saturated heterocycles. The van der Waals surface area contributed by atoms with Gasteiger partial charge in [0.05, 0.1) is 0 Å². The van der Waals surface area contributed by atoms with Gasteiger partial charge >= 0.3 is 0 Å². The first-order chi connectivity index (χ1) is 18.2. The van der Waals surface area contributed by atoms with Crippen LogP contribution in [0.25, 0.3) is 0 Å². The van der Waals surface area contributed by atoms with Gasteiger partial charge in [-0.15, -0.1) is 0 Å². The molecule has 1 atom stereocenters. The molecule has 0 aliphatic heterocycles. The van der Waals surface area contributed by atoms with E-state index in [1.54, 1.807) is 4.90 Å². The summed E-state index contributed by atoms with van der Waals surface area (Å²) in [7, 11) is 0. The lowest BCUT2D eigenvalue weighted by Crippen LogP contribution is -2.51. The predicted molar refractivity (Wildman–Crippen MR) is 154 cm³/mol. The van der Waals surface area contributed by atoms with Gasteiger partial charge in [0, 0.05) is 19.5 Å². The summed E-state index contributed by atoms with van der Waals surface area (Å²) in [6.07, 6.45) is 2.30. The number of unbranched alkanes of at least 4 members (excludes halogenated alkanes) is 1. The molecule has 3 aromatic rings. The van der Waals surface area contributed by atoms with E-state index < -0.39 is 6.04 Å². The zero-order chi connectivity index (χ0) is 27.5. The summed E-state index contributed by atoms with van der Waals surface area (Å²) >= 11 is 0. The molecule has 202 valence electrons. The summed E-state index contributed by atoms with van der Waals surface area (Å²) in [6, 6.07) is 25.1. The van der Waals surface area contributed by atoms with Crippen LogP contribution in [-0.2, 0) is 28.0 Å². The molecule has 5 nitrogen and oxygen atoms in total. The van der Waals surface area contributed by atoms with Crippen LogP contribution in [0, 0.1) is 6.92 Å². The van der Waals surface area contributed by atoms with Crippen LogP contribution in [0.1, 0.15) is 62.8 Å². The maximum absolute atomic E-state index is 13.7. The Morgan fingerprint density at radius 3 is 2.24 bits per heavy atom. The molecule has 38 heavy (non-hydrogen) atoms. The normalized spacial score (nSPS) is 12.0. The molecule has 1 N–H and O–H groups in total. The van der Waals surface area contributed by atoms with Gasteiger partial charge in [0.1, 0.15) is 11.8 Å². The summed E-state index contributed by atoms with van der Waals surface area (Å²) in [5, 5.41) is 3.06. The van der Waals surface area contributed by atoms with Crippen molar-refractivity contribution in [2.75, 3.05) is 13.2 Å². The van der Waals surface area contributed by atoms with Crippen molar-refractivity contribution in [2.24, 2.45) is 0 Å². The molecule has 3 aromatic carbocycles. The summed E-state index contributed by atoms with van der Waals surface area (Å²) in [5.74, 6) is 0.268. The van der Waals surface area contributed by atoms with Gasteiger partial charge in [-0.3, -0.25) is 9.59 Å². The fourth-order valence-corrected chi connectivity index (χ4v) is 4.35. The Kier molecular flexibility index (Phi) is 10.5. The Hall–Kier alpha value is -3.60. The number of benzene rings is 3. The van der Waals surface area contributed by atoms with E-state index in [0.717, 1.165) is 29.5 Å². The van der Waals surface area contributed by atoms with Gasteiger partial charge in [0.2, 0.25) is 5.91 Å². The zero-order valence-electron chi connectivity index (χ0n) is 23.5.